The van der Waals surface area contributed by atoms with Gasteiger partial charge in [0, 0.05) is 11.5 Å². The minimum atomic E-state index is 0.489. The summed E-state index contributed by atoms with van der Waals surface area (Å²) in [4.78, 5) is 0. The largest absolute Gasteiger partial charge is 0.472 e. The summed E-state index contributed by atoms with van der Waals surface area (Å²) in [5.41, 5.74) is 3.23. The van der Waals surface area contributed by atoms with Crippen LogP contribution in [0.5, 0.6) is 0 Å². The normalized spacial score (nSPS) is 15.7. The van der Waals surface area contributed by atoms with E-state index in [1.807, 2.05) is 6.07 Å². The SMILES string of the molecule is N#Cc1c(-c2ccoc2)n[nH]c1C1CCC1. The van der Waals surface area contributed by atoms with Gasteiger partial charge in [-0.1, -0.05) is 6.42 Å². The van der Waals surface area contributed by atoms with Crippen molar-refractivity contribution in [2.24, 2.45) is 0 Å². The van der Waals surface area contributed by atoms with Gasteiger partial charge in [0.2, 0.25) is 0 Å². The van der Waals surface area contributed by atoms with Gasteiger partial charge in [-0.15, -0.1) is 0 Å². The van der Waals surface area contributed by atoms with Crippen LogP contribution < -0.4 is 0 Å². The molecule has 0 spiro atoms. The van der Waals surface area contributed by atoms with Gasteiger partial charge in [-0.05, 0) is 18.9 Å². The van der Waals surface area contributed by atoms with Crippen molar-refractivity contribution in [3.63, 3.8) is 0 Å². The highest BCUT2D eigenvalue weighted by atomic mass is 16.3. The highest BCUT2D eigenvalue weighted by Gasteiger charge is 2.26. The van der Waals surface area contributed by atoms with E-state index in [2.05, 4.69) is 16.3 Å². The number of hydrogen-bond donors (Lipinski definition) is 1. The van der Waals surface area contributed by atoms with Crippen LogP contribution in [0.2, 0.25) is 0 Å². The summed E-state index contributed by atoms with van der Waals surface area (Å²) in [6.07, 6.45) is 6.76. The number of H-pyrrole nitrogens is 1. The molecule has 0 aliphatic heterocycles. The third kappa shape index (κ3) is 1.25. The summed E-state index contributed by atoms with van der Waals surface area (Å²) in [6, 6.07) is 4.07. The highest BCUT2D eigenvalue weighted by molar-refractivity contribution is 5.67. The third-order valence-corrected chi connectivity index (χ3v) is 3.21. The molecule has 4 heteroatoms. The maximum absolute atomic E-state index is 9.21. The van der Waals surface area contributed by atoms with E-state index in [-0.39, 0.29) is 0 Å². The van der Waals surface area contributed by atoms with E-state index >= 15 is 0 Å². The molecule has 2 aromatic rings. The second-order valence-corrected chi connectivity index (χ2v) is 4.11. The van der Waals surface area contributed by atoms with Crippen molar-refractivity contribution in [2.75, 3.05) is 0 Å². The Hall–Kier alpha value is -2.02. The number of nitrogens with zero attached hydrogens (tertiary/aromatic N) is 2. The molecule has 0 atom stereocenters. The van der Waals surface area contributed by atoms with E-state index in [1.165, 1.54) is 6.42 Å². The lowest BCUT2D eigenvalue weighted by Gasteiger charge is -2.23. The van der Waals surface area contributed by atoms with Crippen LogP contribution in [0.15, 0.2) is 23.0 Å². The van der Waals surface area contributed by atoms with Crippen LogP contribution in [-0.2, 0) is 0 Å². The monoisotopic (exact) mass is 213 g/mol. The smallest absolute Gasteiger partial charge is 0.113 e. The van der Waals surface area contributed by atoms with Gasteiger partial charge >= 0.3 is 0 Å². The van der Waals surface area contributed by atoms with Crippen molar-refractivity contribution in [3.8, 4) is 17.3 Å². The average molecular weight is 213 g/mol. The Kier molecular flexibility index (Phi) is 2.03. The molecule has 0 aromatic carbocycles. The van der Waals surface area contributed by atoms with Gasteiger partial charge in [0.1, 0.15) is 17.3 Å². The Balaban J connectivity index is 2.07. The Morgan fingerprint density at radius 3 is 2.94 bits per heavy atom. The van der Waals surface area contributed by atoms with E-state index in [4.69, 9.17) is 4.42 Å². The molecule has 1 N–H and O–H groups in total. The van der Waals surface area contributed by atoms with Gasteiger partial charge in [0.25, 0.3) is 0 Å². The van der Waals surface area contributed by atoms with E-state index in [0.29, 0.717) is 17.2 Å². The predicted molar refractivity (Wildman–Crippen MR) is 57.6 cm³/mol. The maximum atomic E-state index is 9.21. The summed E-state index contributed by atoms with van der Waals surface area (Å²) in [7, 11) is 0. The molecule has 3 rings (SSSR count). The molecular formula is C12H11N3O. The minimum absolute atomic E-state index is 0.489. The molecule has 1 fully saturated rings. The van der Waals surface area contributed by atoms with Crippen LogP contribution in [-0.4, -0.2) is 10.2 Å². The molecule has 1 aliphatic carbocycles. The molecule has 0 amide bonds. The molecule has 16 heavy (non-hydrogen) atoms. The zero-order chi connectivity index (χ0) is 11.0. The zero-order valence-corrected chi connectivity index (χ0v) is 8.73. The van der Waals surface area contributed by atoms with Crippen molar-refractivity contribution >= 4 is 0 Å². The van der Waals surface area contributed by atoms with Crippen LogP contribution in [0.25, 0.3) is 11.3 Å². The summed E-state index contributed by atoms with van der Waals surface area (Å²) in [6.45, 7) is 0. The van der Waals surface area contributed by atoms with Crippen LogP contribution in [0, 0.1) is 11.3 Å². The lowest BCUT2D eigenvalue weighted by molar-refractivity contribution is 0.410. The molecule has 4 nitrogen and oxygen atoms in total. The number of rotatable bonds is 2. The van der Waals surface area contributed by atoms with Gasteiger partial charge in [0.15, 0.2) is 0 Å². The fourth-order valence-electron chi connectivity index (χ4n) is 2.07. The minimum Gasteiger partial charge on any atom is -0.472 e. The van der Waals surface area contributed by atoms with Gasteiger partial charge in [-0.25, -0.2) is 0 Å². The average Bonchev–Trinajstić information content (AvgIpc) is 2.81. The summed E-state index contributed by atoms with van der Waals surface area (Å²) in [5, 5.41) is 16.4. The van der Waals surface area contributed by atoms with Crippen molar-refractivity contribution in [3.05, 3.63) is 29.9 Å². The molecule has 1 aliphatic rings. The molecule has 0 radical (unpaired) electrons. The van der Waals surface area contributed by atoms with Crippen LogP contribution >= 0.6 is 0 Å². The second-order valence-electron chi connectivity index (χ2n) is 4.11. The number of hydrogen-bond acceptors (Lipinski definition) is 3. The van der Waals surface area contributed by atoms with Crippen LogP contribution in [0.3, 0.4) is 0 Å². The Bertz CT molecular complexity index is 529. The number of nitriles is 1. The first-order chi connectivity index (χ1) is 7.90. The highest BCUT2D eigenvalue weighted by Crippen LogP contribution is 2.39. The standard InChI is InChI=1S/C12H11N3O/c13-6-10-11(8-2-1-3-8)14-15-12(10)9-4-5-16-7-9/h4-5,7-8H,1-3H2,(H,14,15). The molecule has 1 saturated carbocycles. The number of aromatic amines is 1. The molecular weight excluding hydrogens is 202 g/mol. The third-order valence-electron chi connectivity index (χ3n) is 3.21. The lowest BCUT2D eigenvalue weighted by Crippen LogP contribution is -2.10. The summed E-state index contributed by atoms with van der Waals surface area (Å²) < 4.78 is 5.02. The van der Waals surface area contributed by atoms with Crippen molar-refractivity contribution < 1.29 is 4.42 Å². The Morgan fingerprint density at radius 2 is 2.38 bits per heavy atom. The van der Waals surface area contributed by atoms with Crippen molar-refractivity contribution in [1.82, 2.24) is 10.2 Å². The Morgan fingerprint density at radius 1 is 1.50 bits per heavy atom. The first kappa shape index (κ1) is 9.22. The zero-order valence-electron chi connectivity index (χ0n) is 8.73. The molecule has 0 unspecified atom stereocenters. The van der Waals surface area contributed by atoms with Gasteiger partial charge in [-0.2, -0.15) is 10.4 Å². The van der Waals surface area contributed by atoms with Gasteiger partial charge < -0.3 is 4.42 Å². The second kappa shape index (κ2) is 3.53. The fourth-order valence-corrected chi connectivity index (χ4v) is 2.07. The molecule has 2 aromatic heterocycles. The quantitative estimate of drug-likeness (QED) is 0.834. The number of nitrogens with one attached hydrogen (secondary N) is 1. The van der Waals surface area contributed by atoms with E-state index in [0.717, 1.165) is 24.1 Å². The lowest BCUT2D eigenvalue weighted by atomic mass is 9.81. The molecule has 2 heterocycles. The number of furan rings is 1. The molecule has 80 valence electrons. The van der Waals surface area contributed by atoms with Crippen molar-refractivity contribution in [2.45, 2.75) is 25.2 Å². The van der Waals surface area contributed by atoms with E-state index in [9.17, 15) is 5.26 Å². The summed E-state index contributed by atoms with van der Waals surface area (Å²) >= 11 is 0. The first-order valence-electron chi connectivity index (χ1n) is 5.41. The fraction of sp³-hybridized carbons (Fsp3) is 0.333. The van der Waals surface area contributed by atoms with Crippen molar-refractivity contribution in [1.29, 1.82) is 5.26 Å². The molecule has 0 saturated heterocycles. The van der Waals surface area contributed by atoms with E-state index < -0.39 is 0 Å². The topological polar surface area (TPSA) is 65.6 Å². The Labute approximate surface area is 92.9 Å². The maximum Gasteiger partial charge on any atom is 0.113 e. The van der Waals surface area contributed by atoms with Gasteiger partial charge in [0.05, 0.1) is 18.2 Å². The molecule has 0 bridgehead atoms. The van der Waals surface area contributed by atoms with Gasteiger partial charge in [-0.3, -0.25) is 5.10 Å². The number of aromatic nitrogens is 2. The van der Waals surface area contributed by atoms with Crippen LogP contribution in [0.4, 0.5) is 0 Å². The van der Waals surface area contributed by atoms with Crippen LogP contribution in [0.1, 0.15) is 36.4 Å². The first-order valence-corrected chi connectivity index (χ1v) is 5.41. The summed E-state index contributed by atoms with van der Waals surface area (Å²) in [5.74, 6) is 0.489. The van der Waals surface area contributed by atoms with E-state index in [1.54, 1.807) is 12.5 Å². The predicted octanol–water partition coefficient (Wildman–Crippen LogP) is 2.81.